The molecule has 0 saturated heterocycles. The van der Waals surface area contributed by atoms with Crippen molar-refractivity contribution in [3.63, 3.8) is 0 Å². The maximum atomic E-state index is 12.1. The molecule has 0 aliphatic carbocycles. The van der Waals surface area contributed by atoms with E-state index in [1.807, 2.05) is 0 Å². The molecule has 1 aromatic heterocycles. The Labute approximate surface area is 100 Å². The number of carbonyl (C=O) groups is 1. The molecular formula is C10H11F3N2O3. The number of aryl methyl sites for hydroxylation is 1. The van der Waals surface area contributed by atoms with Crippen LogP contribution in [0.2, 0.25) is 0 Å². The molecule has 3 N–H and O–H groups in total. The van der Waals surface area contributed by atoms with E-state index in [4.69, 9.17) is 10.8 Å². The number of carboxylic acid groups (broad SMARTS) is 1. The number of carboxylic acids is 1. The summed E-state index contributed by atoms with van der Waals surface area (Å²) in [4.78, 5) is 14.4. The van der Waals surface area contributed by atoms with Gasteiger partial charge in [-0.05, 0) is 18.6 Å². The second kappa shape index (κ2) is 5.21. The van der Waals surface area contributed by atoms with Gasteiger partial charge in [-0.1, -0.05) is 0 Å². The zero-order chi connectivity index (χ0) is 13.9. The quantitative estimate of drug-likeness (QED) is 0.857. The Bertz CT molecular complexity index is 460. The van der Waals surface area contributed by atoms with Crippen molar-refractivity contribution in [2.24, 2.45) is 5.73 Å². The predicted octanol–water partition coefficient (Wildman–Crippen LogP) is 1.37. The average molecular weight is 264 g/mol. The Morgan fingerprint density at radius 1 is 1.56 bits per heavy atom. The molecule has 0 aliphatic rings. The van der Waals surface area contributed by atoms with Crippen molar-refractivity contribution in [3.05, 3.63) is 23.0 Å². The van der Waals surface area contributed by atoms with E-state index in [9.17, 15) is 18.0 Å². The molecule has 0 amide bonds. The van der Waals surface area contributed by atoms with Crippen molar-refractivity contribution in [2.75, 3.05) is 0 Å². The molecular weight excluding hydrogens is 253 g/mol. The van der Waals surface area contributed by atoms with Gasteiger partial charge in [0.15, 0.2) is 5.75 Å². The lowest BCUT2D eigenvalue weighted by Crippen LogP contribution is -2.19. The number of hydrogen-bond acceptors (Lipinski definition) is 4. The predicted molar refractivity (Wildman–Crippen MR) is 54.9 cm³/mol. The first kappa shape index (κ1) is 14.2. The molecule has 1 rings (SSSR count). The monoisotopic (exact) mass is 264 g/mol. The molecule has 0 radical (unpaired) electrons. The molecule has 0 bridgehead atoms. The standard InChI is InChI=1S/C10H11F3N2O3/c1-5-8(18-10(11,12)13)2-6(4-14)7(15-5)3-9(16)17/h2H,3-4,14H2,1H3,(H,16,17). The smallest absolute Gasteiger partial charge is 0.481 e. The van der Waals surface area contributed by atoms with E-state index in [2.05, 4.69) is 9.72 Å². The number of hydrogen-bond donors (Lipinski definition) is 2. The van der Waals surface area contributed by atoms with Crippen molar-refractivity contribution >= 4 is 5.97 Å². The third-order valence-corrected chi connectivity index (χ3v) is 2.10. The third-order valence-electron chi connectivity index (χ3n) is 2.10. The van der Waals surface area contributed by atoms with Crippen LogP contribution in [-0.4, -0.2) is 22.4 Å². The minimum Gasteiger partial charge on any atom is -0.481 e. The van der Waals surface area contributed by atoms with Crippen LogP contribution in [0.15, 0.2) is 6.07 Å². The van der Waals surface area contributed by atoms with Gasteiger partial charge in [-0.2, -0.15) is 0 Å². The van der Waals surface area contributed by atoms with Gasteiger partial charge in [0.1, 0.15) is 0 Å². The summed E-state index contributed by atoms with van der Waals surface area (Å²) < 4.78 is 40.0. The molecule has 8 heteroatoms. The van der Waals surface area contributed by atoms with E-state index in [1.165, 1.54) is 6.92 Å². The lowest BCUT2D eigenvalue weighted by atomic mass is 10.1. The summed E-state index contributed by atoms with van der Waals surface area (Å²) in [6.45, 7) is 1.18. The highest BCUT2D eigenvalue weighted by Gasteiger charge is 2.32. The first-order valence-electron chi connectivity index (χ1n) is 4.90. The Kier molecular flexibility index (Phi) is 4.12. The summed E-state index contributed by atoms with van der Waals surface area (Å²) in [5.74, 6) is -1.61. The van der Waals surface area contributed by atoms with Gasteiger partial charge in [-0.25, -0.2) is 0 Å². The highest BCUT2D eigenvalue weighted by atomic mass is 19.4. The van der Waals surface area contributed by atoms with Crippen molar-refractivity contribution in [1.82, 2.24) is 4.98 Å². The van der Waals surface area contributed by atoms with Gasteiger partial charge < -0.3 is 15.6 Å². The van der Waals surface area contributed by atoms with Gasteiger partial charge in [0.25, 0.3) is 0 Å². The van der Waals surface area contributed by atoms with E-state index >= 15 is 0 Å². The van der Waals surface area contributed by atoms with Gasteiger partial charge in [0.05, 0.1) is 17.8 Å². The molecule has 0 atom stereocenters. The SMILES string of the molecule is Cc1nc(CC(=O)O)c(CN)cc1OC(F)(F)F. The summed E-state index contributed by atoms with van der Waals surface area (Å²) in [5.41, 5.74) is 5.64. The Morgan fingerprint density at radius 2 is 2.17 bits per heavy atom. The maximum absolute atomic E-state index is 12.1. The highest BCUT2D eigenvalue weighted by molar-refractivity contribution is 5.70. The fourth-order valence-corrected chi connectivity index (χ4v) is 1.38. The molecule has 0 spiro atoms. The number of halogens is 3. The summed E-state index contributed by atoms with van der Waals surface area (Å²) in [6, 6.07) is 1.06. The highest BCUT2D eigenvalue weighted by Crippen LogP contribution is 2.27. The Morgan fingerprint density at radius 3 is 2.61 bits per heavy atom. The van der Waals surface area contributed by atoms with Crippen LogP contribution in [0.25, 0.3) is 0 Å². The van der Waals surface area contributed by atoms with Crippen molar-refractivity contribution in [3.8, 4) is 5.75 Å². The van der Waals surface area contributed by atoms with Crippen LogP contribution in [0.4, 0.5) is 13.2 Å². The van der Waals surface area contributed by atoms with E-state index in [-0.39, 0.29) is 23.5 Å². The maximum Gasteiger partial charge on any atom is 0.573 e. The van der Waals surface area contributed by atoms with Crippen LogP contribution < -0.4 is 10.5 Å². The summed E-state index contributed by atoms with van der Waals surface area (Å²) in [7, 11) is 0. The summed E-state index contributed by atoms with van der Waals surface area (Å²) in [6.07, 6.45) is -5.23. The minimum absolute atomic E-state index is 0.0409. The van der Waals surface area contributed by atoms with Crippen LogP contribution >= 0.6 is 0 Å². The fraction of sp³-hybridized carbons (Fsp3) is 0.400. The molecule has 5 nitrogen and oxygen atoms in total. The third kappa shape index (κ3) is 3.88. The van der Waals surface area contributed by atoms with Crippen molar-refractivity contribution in [1.29, 1.82) is 0 Å². The van der Waals surface area contributed by atoms with Crippen molar-refractivity contribution < 1.29 is 27.8 Å². The second-order valence-corrected chi connectivity index (χ2v) is 3.50. The minimum atomic E-state index is -4.83. The van der Waals surface area contributed by atoms with Crippen LogP contribution in [-0.2, 0) is 17.8 Å². The zero-order valence-corrected chi connectivity index (χ0v) is 9.41. The van der Waals surface area contributed by atoms with E-state index in [1.54, 1.807) is 0 Å². The molecule has 100 valence electrons. The molecule has 0 fully saturated rings. The Hall–Kier alpha value is -1.83. The number of nitrogens with two attached hydrogens (primary N) is 1. The van der Waals surface area contributed by atoms with Gasteiger partial charge in [-0.3, -0.25) is 9.78 Å². The van der Waals surface area contributed by atoms with Gasteiger partial charge in [0.2, 0.25) is 0 Å². The number of rotatable bonds is 4. The number of ether oxygens (including phenoxy) is 1. The number of aromatic nitrogens is 1. The largest absolute Gasteiger partial charge is 0.573 e. The lowest BCUT2D eigenvalue weighted by Gasteiger charge is -2.14. The van der Waals surface area contributed by atoms with Gasteiger partial charge >= 0.3 is 12.3 Å². The molecule has 18 heavy (non-hydrogen) atoms. The van der Waals surface area contributed by atoms with Crippen LogP contribution in [0.1, 0.15) is 17.0 Å². The molecule has 0 unspecified atom stereocenters. The lowest BCUT2D eigenvalue weighted by molar-refractivity contribution is -0.275. The Balaban J connectivity index is 3.13. The first-order valence-corrected chi connectivity index (χ1v) is 4.90. The molecule has 0 aliphatic heterocycles. The number of aliphatic carboxylic acids is 1. The van der Waals surface area contributed by atoms with Gasteiger partial charge in [-0.15, -0.1) is 13.2 Å². The molecule has 0 saturated carbocycles. The topological polar surface area (TPSA) is 85.4 Å². The molecule has 0 aromatic carbocycles. The van der Waals surface area contributed by atoms with Crippen LogP contribution in [0.3, 0.4) is 0 Å². The number of nitrogens with zero attached hydrogens (tertiary/aromatic N) is 1. The zero-order valence-electron chi connectivity index (χ0n) is 9.41. The average Bonchev–Trinajstić information content (AvgIpc) is 2.19. The van der Waals surface area contributed by atoms with E-state index in [0.717, 1.165) is 6.07 Å². The van der Waals surface area contributed by atoms with Gasteiger partial charge in [0, 0.05) is 6.54 Å². The van der Waals surface area contributed by atoms with Crippen LogP contribution in [0.5, 0.6) is 5.75 Å². The summed E-state index contributed by atoms with van der Waals surface area (Å²) >= 11 is 0. The van der Waals surface area contributed by atoms with E-state index < -0.39 is 24.5 Å². The molecule has 1 aromatic rings. The first-order chi connectivity index (χ1) is 8.23. The number of pyridine rings is 1. The van der Waals surface area contributed by atoms with Crippen molar-refractivity contribution in [2.45, 2.75) is 26.3 Å². The van der Waals surface area contributed by atoms with E-state index in [0.29, 0.717) is 0 Å². The second-order valence-electron chi connectivity index (χ2n) is 3.50. The summed E-state index contributed by atoms with van der Waals surface area (Å²) in [5, 5.41) is 8.64. The fourth-order valence-electron chi connectivity index (χ4n) is 1.38. The van der Waals surface area contributed by atoms with Crippen LogP contribution in [0, 0.1) is 6.92 Å². The normalized spacial score (nSPS) is 11.4. The number of alkyl halides is 3. The molecule has 1 heterocycles.